The van der Waals surface area contributed by atoms with Gasteiger partial charge in [-0.3, -0.25) is 4.79 Å². The molecule has 1 aliphatic carbocycles. The Balaban J connectivity index is 2.06. The lowest BCUT2D eigenvalue weighted by Gasteiger charge is -2.27. The van der Waals surface area contributed by atoms with Gasteiger partial charge in [0.2, 0.25) is 5.91 Å². The van der Waals surface area contributed by atoms with E-state index in [-0.39, 0.29) is 5.91 Å². The smallest absolute Gasteiger partial charge is 0.407 e. The molecule has 1 aliphatic rings. The molecule has 1 unspecified atom stereocenters. The van der Waals surface area contributed by atoms with E-state index >= 15 is 0 Å². The minimum atomic E-state index is -0.479. The quantitative estimate of drug-likeness (QED) is 0.702. The molecule has 0 bridgehead atoms. The number of amides is 2. The van der Waals surface area contributed by atoms with Gasteiger partial charge in [-0.25, -0.2) is 4.79 Å². The second-order valence-corrected chi connectivity index (χ2v) is 7.71. The third kappa shape index (κ3) is 9.47. The molecular weight excluding hydrogens is 292 g/mol. The van der Waals surface area contributed by atoms with Crippen LogP contribution in [0.3, 0.4) is 0 Å². The molecule has 0 aromatic heterocycles. The van der Waals surface area contributed by atoms with Crippen LogP contribution in [0.4, 0.5) is 4.79 Å². The molecule has 0 aromatic rings. The summed E-state index contributed by atoms with van der Waals surface area (Å²) in [6.45, 7) is 8.79. The highest BCUT2D eigenvalue weighted by molar-refractivity contribution is 5.76. The Bertz CT molecular complexity index is 371. The molecule has 2 N–H and O–H groups in total. The van der Waals surface area contributed by atoms with Crippen molar-refractivity contribution in [2.24, 2.45) is 11.8 Å². The molecule has 1 fully saturated rings. The van der Waals surface area contributed by atoms with E-state index in [2.05, 4.69) is 17.6 Å². The van der Waals surface area contributed by atoms with Crippen LogP contribution in [0.15, 0.2) is 0 Å². The second kappa shape index (κ2) is 9.78. The van der Waals surface area contributed by atoms with Crippen LogP contribution in [0.1, 0.15) is 72.6 Å². The largest absolute Gasteiger partial charge is 0.444 e. The van der Waals surface area contributed by atoms with Crippen molar-refractivity contribution in [3.63, 3.8) is 0 Å². The lowest BCUT2D eigenvalue weighted by molar-refractivity contribution is -0.122. The number of carbonyl (C=O) groups is 2. The Morgan fingerprint density at radius 1 is 1.09 bits per heavy atom. The molecule has 2 amide bonds. The average Bonchev–Trinajstić information content (AvgIpc) is 2.46. The van der Waals surface area contributed by atoms with Crippen LogP contribution >= 0.6 is 0 Å². The predicted molar refractivity (Wildman–Crippen MR) is 92.2 cm³/mol. The summed E-state index contributed by atoms with van der Waals surface area (Å²) in [5.41, 5.74) is -0.479. The van der Waals surface area contributed by atoms with Crippen LogP contribution < -0.4 is 10.6 Å². The van der Waals surface area contributed by atoms with E-state index in [1.54, 1.807) is 0 Å². The summed E-state index contributed by atoms with van der Waals surface area (Å²) in [6.07, 6.45) is 7.44. The van der Waals surface area contributed by atoms with Gasteiger partial charge in [0.15, 0.2) is 0 Å². The highest BCUT2D eigenvalue weighted by Gasteiger charge is 2.22. The van der Waals surface area contributed by atoms with E-state index in [0.717, 1.165) is 0 Å². The number of alkyl carbamates (subject to hydrolysis) is 1. The zero-order valence-electron chi connectivity index (χ0n) is 15.2. The van der Waals surface area contributed by atoms with Crippen molar-refractivity contribution >= 4 is 12.0 Å². The van der Waals surface area contributed by atoms with E-state index in [4.69, 9.17) is 4.74 Å². The third-order valence-electron chi connectivity index (χ3n) is 4.31. The van der Waals surface area contributed by atoms with Gasteiger partial charge in [0, 0.05) is 19.5 Å². The maximum absolute atomic E-state index is 12.0. The lowest BCUT2D eigenvalue weighted by Crippen LogP contribution is -2.34. The Hall–Kier alpha value is -1.26. The molecule has 1 rings (SSSR count). The van der Waals surface area contributed by atoms with Crippen molar-refractivity contribution in [1.29, 1.82) is 0 Å². The van der Waals surface area contributed by atoms with Crippen LogP contribution in [-0.4, -0.2) is 30.7 Å². The van der Waals surface area contributed by atoms with Crippen LogP contribution in [0, 0.1) is 11.8 Å². The molecule has 0 spiro atoms. The summed E-state index contributed by atoms with van der Waals surface area (Å²) in [4.78, 5) is 23.4. The Kier molecular flexibility index (Phi) is 8.42. The highest BCUT2D eigenvalue weighted by Crippen LogP contribution is 2.31. The van der Waals surface area contributed by atoms with Crippen molar-refractivity contribution in [3.8, 4) is 0 Å². The first-order chi connectivity index (χ1) is 10.8. The number of hydrogen-bond donors (Lipinski definition) is 2. The zero-order chi connectivity index (χ0) is 17.3. The highest BCUT2D eigenvalue weighted by atomic mass is 16.6. The van der Waals surface area contributed by atoms with Gasteiger partial charge in [-0.05, 0) is 39.0 Å². The van der Waals surface area contributed by atoms with E-state index in [1.165, 1.54) is 32.1 Å². The molecule has 134 valence electrons. The maximum atomic E-state index is 12.0. The first-order valence-electron chi connectivity index (χ1n) is 9.01. The van der Waals surface area contributed by atoms with Crippen LogP contribution in [-0.2, 0) is 9.53 Å². The van der Waals surface area contributed by atoms with Crippen LogP contribution in [0.5, 0.6) is 0 Å². The average molecular weight is 326 g/mol. The first kappa shape index (κ1) is 19.8. The van der Waals surface area contributed by atoms with Crippen LogP contribution in [0.25, 0.3) is 0 Å². The summed E-state index contributed by atoms with van der Waals surface area (Å²) < 4.78 is 5.15. The first-order valence-corrected chi connectivity index (χ1v) is 9.01. The van der Waals surface area contributed by atoms with Gasteiger partial charge >= 0.3 is 6.09 Å². The topological polar surface area (TPSA) is 67.4 Å². The molecule has 0 aliphatic heterocycles. The molecule has 0 radical (unpaired) electrons. The van der Waals surface area contributed by atoms with Gasteiger partial charge in [-0.1, -0.05) is 39.0 Å². The van der Waals surface area contributed by atoms with Crippen molar-refractivity contribution in [2.75, 3.05) is 13.1 Å². The van der Waals surface area contributed by atoms with E-state index < -0.39 is 11.7 Å². The normalized spacial score (nSPS) is 17.4. The summed E-state index contributed by atoms with van der Waals surface area (Å²) in [5.74, 6) is 1.30. The molecule has 1 saturated carbocycles. The van der Waals surface area contributed by atoms with Crippen LogP contribution in [0.2, 0.25) is 0 Å². The zero-order valence-corrected chi connectivity index (χ0v) is 15.2. The van der Waals surface area contributed by atoms with Gasteiger partial charge < -0.3 is 15.4 Å². The molecule has 0 heterocycles. The van der Waals surface area contributed by atoms with Gasteiger partial charge in [-0.2, -0.15) is 0 Å². The van der Waals surface area contributed by atoms with E-state index in [0.29, 0.717) is 37.8 Å². The van der Waals surface area contributed by atoms with Gasteiger partial charge in [0.25, 0.3) is 0 Å². The van der Waals surface area contributed by atoms with Crippen molar-refractivity contribution in [2.45, 2.75) is 78.2 Å². The van der Waals surface area contributed by atoms with E-state index in [9.17, 15) is 9.59 Å². The number of carbonyl (C=O) groups excluding carboxylic acids is 2. The summed E-state index contributed by atoms with van der Waals surface area (Å²) in [7, 11) is 0. The standard InChI is InChI=1S/C18H34N2O3/c1-14(15-9-6-5-7-10-15)13-16(21)19-11-8-12-20-17(22)23-18(2,3)4/h14-15H,5-13H2,1-4H3,(H,19,21)(H,20,22). The fourth-order valence-corrected chi connectivity index (χ4v) is 3.06. The molecule has 0 saturated heterocycles. The predicted octanol–water partition coefficient (Wildman–Crippen LogP) is 3.62. The summed E-state index contributed by atoms with van der Waals surface area (Å²) in [5, 5.41) is 5.64. The third-order valence-corrected chi connectivity index (χ3v) is 4.31. The monoisotopic (exact) mass is 326 g/mol. The Morgan fingerprint density at radius 2 is 1.70 bits per heavy atom. The molecule has 5 heteroatoms. The summed E-state index contributed by atoms with van der Waals surface area (Å²) >= 11 is 0. The number of nitrogens with one attached hydrogen (secondary N) is 2. The number of rotatable bonds is 7. The van der Waals surface area contributed by atoms with Gasteiger partial charge in [-0.15, -0.1) is 0 Å². The molecule has 1 atom stereocenters. The fraction of sp³-hybridized carbons (Fsp3) is 0.889. The van der Waals surface area contributed by atoms with E-state index in [1.807, 2.05) is 20.8 Å². The Morgan fingerprint density at radius 3 is 2.30 bits per heavy atom. The number of ether oxygens (including phenoxy) is 1. The SMILES string of the molecule is CC(CC(=O)NCCCNC(=O)OC(C)(C)C)C1CCCCC1. The summed E-state index contributed by atoms with van der Waals surface area (Å²) in [6, 6.07) is 0. The van der Waals surface area contributed by atoms with Crippen molar-refractivity contribution < 1.29 is 14.3 Å². The lowest BCUT2D eigenvalue weighted by atomic mass is 9.79. The molecule has 0 aromatic carbocycles. The molecule has 23 heavy (non-hydrogen) atoms. The maximum Gasteiger partial charge on any atom is 0.407 e. The second-order valence-electron chi connectivity index (χ2n) is 7.71. The Labute approximate surface area is 140 Å². The van der Waals surface area contributed by atoms with Gasteiger partial charge in [0.05, 0.1) is 0 Å². The minimum Gasteiger partial charge on any atom is -0.444 e. The molecular formula is C18H34N2O3. The fourth-order valence-electron chi connectivity index (χ4n) is 3.06. The number of hydrogen-bond acceptors (Lipinski definition) is 3. The van der Waals surface area contributed by atoms with Crippen molar-refractivity contribution in [1.82, 2.24) is 10.6 Å². The van der Waals surface area contributed by atoms with Crippen molar-refractivity contribution in [3.05, 3.63) is 0 Å². The minimum absolute atomic E-state index is 0.125. The molecule has 5 nitrogen and oxygen atoms in total. The van der Waals surface area contributed by atoms with Gasteiger partial charge in [0.1, 0.15) is 5.60 Å².